The number of halogens is 3. The molecule has 1 amide bonds. The Morgan fingerprint density at radius 2 is 1.95 bits per heavy atom. The summed E-state index contributed by atoms with van der Waals surface area (Å²) in [4.78, 5) is 11.8. The average molecular weight is 269 g/mol. The lowest BCUT2D eigenvalue weighted by Gasteiger charge is -2.07. The van der Waals surface area contributed by atoms with Crippen molar-refractivity contribution < 1.29 is 18.0 Å². The van der Waals surface area contributed by atoms with Crippen molar-refractivity contribution in [2.75, 3.05) is 5.32 Å². The summed E-state index contributed by atoms with van der Waals surface area (Å²) in [5.74, 6) is -4.34. The van der Waals surface area contributed by atoms with Crippen LogP contribution in [0.25, 0.3) is 0 Å². The molecule has 100 valence electrons. The van der Waals surface area contributed by atoms with E-state index in [-0.39, 0.29) is 5.82 Å². The lowest BCUT2D eigenvalue weighted by molar-refractivity contribution is 0.101. The van der Waals surface area contributed by atoms with Crippen molar-refractivity contribution >= 4 is 11.7 Å². The highest BCUT2D eigenvalue weighted by Gasteiger charge is 2.20. The van der Waals surface area contributed by atoms with Crippen LogP contribution >= 0.6 is 0 Å². The number of aromatic nitrogens is 2. The summed E-state index contributed by atoms with van der Waals surface area (Å²) in [5.41, 5.74) is -0.144. The first-order valence-corrected chi connectivity index (χ1v) is 5.51. The molecule has 1 aromatic carbocycles. The van der Waals surface area contributed by atoms with E-state index >= 15 is 0 Å². The zero-order chi connectivity index (χ0) is 14.0. The van der Waals surface area contributed by atoms with Crippen LogP contribution in [0.2, 0.25) is 0 Å². The SMILES string of the molecule is CCc1cn[nH]c1NC(=O)c1c(F)cc(F)cc1F. The maximum absolute atomic E-state index is 13.4. The number of nitrogens with one attached hydrogen (secondary N) is 2. The van der Waals surface area contributed by atoms with Gasteiger partial charge in [0.1, 0.15) is 28.8 Å². The minimum atomic E-state index is -1.26. The number of carbonyl (C=O) groups is 1. The Balaban J connectivity index is 2.31. The fourth-order valence-electron chi connectivity index (χ4n) is 1.62. The van der Waals surface area contributed by atoms with E-state index in [2.05, 4.69) is 15.5 Å². The molecular formula is C12H10F3N3O. The highest BCUT2D eigenvalue weighted by atomic mass is 19.1. The maximum Gasteiger partial charge on any atom is 0.262 e. The number of nitrogens with zero attached hydrogens (tertiary/aromatic N) is 1. The molecule has 0 aliphatic carbocycles. The first-order valence-electron chi connectivity index (χ1n) is 5.51. The van der Waals surface area contributed by atoms with Gasteiger partial charge in [0.25, 0.3) is 5.91 Å². The molecule has 0 unspecified atom stereocenters. The van der Waals surface area contributed by atoms with Crippen molar-refractivity contribution in [2.45, 2.75) is 13.3 Å². The first-order chi connectivity index (χ1) is 9.02. The summed E-state index contributed by atoms with van der Waals surface area (Å²) >= 11 is 0. The van der Waals surface area contributed by atoms with E-state index in [4.69, 9.17) is 0 Å². The monoisotopic (exact) mass is 269 g/mol. The fourth-order valence-corrected chi connectivity index (χ4v) is 1.62. The van der Waals surface area contributed by atoms with Crippen molar-refractivity contribution in [3.63, 3.8) is 0 Å². The molecule has 0 saturated carbocycles. The van der Waals surface area contributed by atoms with Gasteiger partial charge in [-0.15, -0.1) is 0 Å². The summed E-state index contributed by atoms with van der Waals surface area (Å²) in [6, 6.07) is 0.900. The summed E-state index contributed by atoms with van der Waals surface area (Å²) in [5, 5.41) is 8.52. The molecule has 0 spiro atoms. The van der Waals surface area contributed by atoms with Crippen LogP contribution in [-0.4, -0.2) is 16.1 Å². The van der Waals surface area contributed by atoms with E-state index in [1.807, 2.05) is 6.92 Å². The molecule has 0 atom stereocenters. The second-order valence-corrected chi connectivity index (χ2v) is 3.82. The molecule has 0 saturated heterocycles. The molecule has 7 heteroatoms. The number of aryl methyl sites for hydroxylation is 1. The van der Waals surface area contributed by atoms with Gasteiger partial charge in [0.2, 0.25) is 0 Å². The second-order valence-electron chi connectivity index (χ2n) is 3.82. The van der Waals surface area contributed by atoms with E-state index in [9.17, 15) is 18.0 Å². The van der Waals surface area contributed by atoms with Crippen molar-refractivity contribution in [1.29, 1.82) is 0 Å². The summed E-state index contributed by atoms with van der Waals surface area (Å²) in [7, 11) is 0. The molecule has 0 radical (unpaired) electrons. The molecule has 0 aliphatic heterocycles. The normalized spacial score (nSPS) is 10.5. The van der Waals surface area contributed by atoms with E-state index in [1.165, 1.54) is 6.20 Å². The van der Waals surface area contributed by atoms with Gasteiger partial charge in [-0.3, -0.25) is 9.89 Å². The van der Waals surface area contributed by atoms with Crippen molar-refractivity contribution in [3.05, 3.63) is 46.9 Å². The van der Waals surface area contributed by atoms with Crippen molar-refractivity contribution in [3.8, 4) is 0 Å². The van der Waals surface area contributed by atoms with E-state index < -0.39 is 28.9 Å². The van der Waals surface area contributed by atoms with Gasteiger partial charge in [-0.25, -0.2) is 13.2 Å². The Morgan fingerprint density at radius 3 is 2.53 bits per heavy atom. The third-order valence-corrected chi connectivity index (χ3v) is 2.57. The number of benzene rings is 1. The summed E-state index contributed by atoms with van der Waals surface area (Å²) < 4.78 is 39.6. The number of anilines is 1. The van der Waals surface area contributed by atoms with Crippen molar-refractivity contribution in [1.82, 2.24) is 10.2 Å². The largest absolute Gasteiger partial charge is 0.307 e. The van der Waals surface area contributed by atoms with Gasteiger partial charge in [-0.1, -0.05) is 6.92 Å². The van der Waals surface area contributed by atoms with Crippen LogP contribution in [0.3, 0.4) is 0 Å². The van der Waals surface area contributed by atoms with Crippen molar-refractivity contribution in [2.24, 2.45) is 0 Å². The van der Waals surface area contributed by atoms with Crippen LogP contribution in [0.5, 0.6) is 0 Å². The van der Waals surface area contributed by atoms with E-state index in [0.29, 0.717) is 24.1 Å². The molecule has 4 nitrogen and oxygen atoms in total. The molecular weight excluding hydrogens is 259 g/mol. The molecule has 1 heterocycles. The predicted octanol–water partition coefficient (Wildman–Crippen LogP) is 2.64. The molecule has 19 heavy (non-hydrogen) atoms. The zero-order valence-electron chi connectivity index (χ0n) is 9.93. The summed E-state index contributed by atoms with van der Waals surface area (Å²) in [6.07, 6.45) is 2.08. The molecule has 0 bridgehead atoms. The van der Waals surface area contributed by atoms with Gasteiger partial charge in [0.05, 0.1) is 6.20 Å². The van der Waals surface area contributed by atoms with Crippen LogP contribution in [0.1, 0.15) is 22.8 Å². The second kappa shape index (κ2) is 5.13. The van der Waals surface area contributed by atoms with E-state index in [0.717, 1.165) is 0 Å². The first kappa shape index (κ1) is 13.1. The minimum absolute atomic E-state index is 0.260. The lowest BCUT2D eigenvalue weighted by atomic mass is 10.1. The molecule has 0 fully saturated rings. The number of aromatic amines is 1. The van der Waals surface area contributed by atoms with Crippen LogP contribution < -0.4 is 5.32 Å². The number of carbonyl (C=O) groups excluding carboxylic acids is 1. The number of hydrogen-bond donors (Lipinski definition) is 2. The number of rotatable bonds is 3. The Bertz CT molecular complexity index is 601. The third-order valence-electron chi connectivity index (χ3n) is 2.57. The van der Waals surface area contributed by atoms with Gasteiger partial charge >= 0.3 is 0 Å². The Hall–Kier alpha value is -2.31. The predicted molar refractivity (Wildman–Crippen MR) is 62.2 cm³/mol. The zero-order valence-corrected chi connectivity index (χ0v) is 9.93. The smallest absolute Gasteiger partial charge is 0.262 e. The van der Waals surface area contributed by atoms with Gasteiger partial charge in [0, 0.05) is 17.7 Å². The lowest BCUT2D eigenvalue weighted by Crippen LogP contribution is -2.17. The quantitative estimate of drug-likeness (QED) is 0.900. The van der Waals surface area contributed by atoms with Crippen LogP contribution in [-0.2, 0) is 6.42 Å². The average Bonchev–Trinajstić information content (AvgIpc) is 2.74. The van der Waals surface area contributed by atoms with Gasteiger partial charge in [-0.2, -0.15) is 5.10 Å². The highest BCUT2D eigenvalue weighted by molar-refractivity contribution is 6.04. The van der Waals surface area contributed by atoms with Crippen LogP contribution in [0.15, 0.2) is 18.3 Å². The molecule has 2 rings (SSSR count). The third kappa shape index (κ3) is 2.59. The molecule has 1 aromatic heterocycles. The number of hydrogen-bond acceptors (Lipinski definition) is 2. The molecule has 0 aliphatic rings. The van der Waals surface area contributed by atoms with Gasteiger partial charge in [0.15, 0.2) is 0 Å². The van der Waals surface area contributed by atoms with Crippen LogP contribution in [0.4, 0.5) is 19.0 Å². The fraction of sp³-hybridized carbons (Fsp3) is 0.167. The number of amides is 1. The standard InChI is InChI=1S/C12H10F3N3O/c1-2-6-5-16-18-11(6)17-12(19)10-8(14)3-7(13)4-9(10)15/h3-5H,2H2,1H3,(H2,16,17,18,19). The Kier molecular flexibility index (Phi) is 3.55. The Morgan fingerprint density at radius 1 is 1.32 bits per heavy atom. The number of H-pyrrole nitrogens is 1. The van der Waals surface area contributed by atoms with Gasteiger partial charge < -0.3 is 5.32 Å². The van der Waals surface area contributed by atoms with Gasteiger partial charge in [-0.05, 0) is 6.42 Å². The molecule has 2 N–H and O–H groups in total. The minimum Gasteiger partial charge on any atom is -0.307 e. The Labute approximate surface area is 106 Å². The van der Waals surface area contributed by atoms with E-state index in [1.54, 1.807) is 0 Å². The summed E-state index contributed by atoms with van der Waals surface area (Å²) in [6.45, 7) is 1.83. The highest BCUT2D eigenvalue weighted by Crippen LogP contribution is 2.18. The maximum atomic E-state index is 13.4. The molecule has 2 aromatic rings. The van der Waals surface area contributed by atoms with Crippen LogP contribution in [0, 0.1) is 17.5 Å². The topological polar surface area (TPSA) is 57.8 Å².